The van der Waals surface area contributed by atoms with E-state index >= 15 is 0 Å². The van der Waals surface area contributed by atoms with Crippen molar-refractivity contribution in [1.29, 1.82) is 0 Å². The van der Waals surface area contributed by atoms with E-state index in [0.717, 1.165) is 0 Å². The molecule has 0 aromatic rings. The second-order valence-corrected chi connectivity index (χ2v) is 3.45. The van der Waals surface area contributed by atoms with Crippen molar-refractivity contribution >= 4 is 11.8 Å². The molecule has 6 heteroatoms. The topological polar surface area (TPSA) is 86.5 Å². The molecule has 0 aliphatic heterocycles. The molecule has 0 unspecified atom stereocenters. The number of esters is 1. The first-order valence-corrected chi connectivity index (χ1v) is 4.65. The number of Topliss-reactive ketones (excluding diaryl/α,β-unsaturated/α-hetero) is 1. The maximum Gasteiger partial charge on any atom is 0.384 e. The van der Waals surface area contributed by atoms with E-state index in [-0.39, 0.29) is 25.2 Å². The monoisotopic (exact) mass is 217 g/mol. The van der Waals surface area contributed by atoms with Gasteiger partial charge in [0, 0.05) is 24.7 Å². The molecule has 0 radical (unpaired) electrons. The first-order valence-electron chi connectivity index (χ1n) is 4.65. The molecule has 0 saturated carbocycles. The number of ether oxygens (including phenoxy) is 1. The van der Waals surface area contributed by atoms with Gasteiger partial charge in [0.25, 0.3) is 0 Å². The number of carbonyl (C=O) groups is 2. The molecule has 6 nitrogen and oxygen atoms in total. The lowest BCUT2D eigenvalue weighted by Crippen LogP contribution is -2.45. The molecule has 0 aromatic carbocycles. The Kier molecular flexibility index (Phi) is 4.90. The highest BCUT2D eigenvalue weighted by Crippen LogP contribution is 2.19. The van der Waals surface area contributed by atoms with Crippen LogP contribution in [0.15, 0.2) is 0 Å². The third-order valence-corrected chi connectivity index (χ3v) is 2.08. The summed E-state index contributed by atoms with van der Waals surface area (Å²) in [5.74, 6) is -1.08. The highest BCUT2D eigenvalue weighted by molar-refractivity contribution is 5.81. The Labute approximate surface area is 87.7 Å². The molecule has 0 amide bonds. The van der Waals surface area contributed by atoms with Gasteiger partial charge in [0.15, 0.2) is 0 Å². The average Bonchev–Trinajstić information content (AvgIpc) is 2.14. The first kappa shape index (κ1) is 13.5. The summed E-state index contributed by atoms with van der Waals surface area (Å²) < 4.78 is 4.61. The van der Waals surface area contributed by atoms with Crippen LogP contribution in [0.3, 0.4) is 0 Å². The Balaban J connectivity index is 4.66. The standard InChI is InChI=1S/C9H15NO5/c1-4-15-8(12)9(3,10(13)14)6-5-7(2)11/h4-6H2,1-3H3/t9-/m1/s1. The lowest BCUT2D eigenvalue weighted by molar-refractivity contribution is -0.551. The SMILES string of the molecule is CCOC(=O)[C@@](C)(CCC(C)=O)[N+](=O)[O-]. The zero-order chi connectivity index (χ0) is 12.1. The number of rotatable bonds is 6. The lowest BCUT2D eigenvalue weighted by Gasteiger charge is -2.17. The molecule has 0 bridgehead atoms. The van der Waals surface area contributed by atoms with E-state index in [2.05, 4.69) is 4.74 Å². The number of hydrogen-bond donors (Lipinski definition) is 0. The van der Waals surface area contributed by atoms with Crippen LogP contribution < -0.4 is 0 Å². The van der Waals surface area contributed by atoms with Crippen LogP contribution in [-0.2, 0) is 14.3 Å². The number of carbonyl (C=O) groups excluding carboxylic acids is 2. The number of nitro groups is 1. The Hall–Kier alpha value is -1.46. The minimum absolute atomic E-state index is 0.00368. The second-order valence-electron chi connectivity index (χ2n) is 3.45. The van der Waals surface area contributed by atoms with E-state index in [1.54, 1.807) is 6.92 Å². The van der Waals surface area contributed by atoms with Crippen LogP contribution in [0.5, 0.6) is 0 Å². The summed E-state index contributed by atoms with van der Waals surface area (Å²) >= 11 is 0. The van der Waals surface area contributed by atoms with Crippen LogP contribution in [0.1, 0.15) is 33.6 Å². The van der Waals surface area contributed by atoms with Gasteiger partial charge < -0.3 is 9.53 Å². The fourth-order valence-corrected chi connectivity index (χ4v) is 0.974. The van der Waals surface area contributed by atoms with Crippen LogP contribution in [0.2, 0.25) is 0 Å². The molecular weight excluding hydrogens is 202 g/mol. The van der Waals surface area contributed by atoms with Crippen LogP contribution in [0, 0.1) is 10.1 Å². The normalized spacial score (nSPS) is 14.1. The van der Waals surface area contributed by atoms with Gasteiger partial charge in [-0.2, -0.15) is 0 Å². The molecule has 0 fully saturated rings. The zero-order valence-corrected chi connectivity index (χ0v) is 9.11. The van der Waals surface area contributed by atoms with Crippen molar-refractivity contribution in [2.45, 2.75) is 39.2 Å². The smallest absolute Gasteiger partial charge is 0.384 e. The first-order chi connectivity index (χ1) is 6.84. The van der Waals surface area contributed by atoms with Gasteiger partial charge in [0.2, 0.25) is 0 Å². The van der Waals surface area contributed by atoms with E-state index < -0.39 is 16.4 Å². The van der Waals surface area contributed by atoms with Gasteiger partial charge in [-0.05, 0) is 13.8 Å². The Morgan fingerprint density at radius 3 is 2.33 bits per heavy atom. The van der Waals surface area contributed by atoms with Crippen molar-refractivity contribution in [1.82, 2.24) is 0 Å². The third kappa shape index (κ3) is 3.65. The van der Waals surface area contributed by atoms with Gasteiger partial charge in [0.1, 0.15) is 5.78 Å². The molecule has 15 heavy (non-hydrogen) atoms. The van der Waals surface area contributed by atoms with E-state index in [0.29, 0.717) is 0 Å². The summed E-state index contributed by atoms with van der Waals surface area (Å²) in [7, 11) is 0. The highest BCUT2D eigenvalue weighted by Gasteiger charge is 2.47. The summed E-state index contributed by atoms with van der Waals surface area (Å²) in [4.78, 5) is 32.1. The van der Waals surface area contributed by atoms with Gasteiger partial charge in [0.05, 0.1) is 6.61 Å². The maximum atomic E-state index is 11.3. The molecule has 0 N–H and O–H groups in total. The molecule has 0 aromatic heterocycles. The minimum atomic E-state index is -1.82. The third-order valence-electron chi connectivity index (χ3n) is 2.08. The summed E-state index contributed by atoms with van der Waals surface area (Å²) in [6.45, 7) is 4.16. The van der Waals surface area contributed by atoms with Crippen LogP contribution in [0.25, 0.3) is 0 Å². The summed E-state index contributed by atoms with van der Waals surface area (Å²) in [6.07, 6.45) is -0.134. The van der Waals surface area contributed by atoms with Crippen LogP contribution in [-0.4, -0.2) is 28.8 Å². The molecule has 86 valence electrons. The Morgan fingerprint density at radius 1 is 1.47 bits per heavy atom. The van der Waals surface area contributed by atoms with E-state index in [1.807, 2.05) is 0 Å². The largest absolute Gasteiger partial charge is 0.461 e. The summed E-state index contributed by atoms with van der Waals surface area (Å²) in [5.41, 5.74) is -1.82. The molecule has 0 saturated heterocycles. The van der Waals surface area contributed by atoms with Crippen molar-refractivity contribution in [2.24, 2.45) is 0 Å². The van der Waals surface area contributed by atoms with Crippen LogP contribution in [0.4, 0.5) is 0 Å². The number of nitrogens with zero attached hydrogens (tertiary/aromatic N) is 1. The fraction of sp³-hybridized carbons (Fsp3) is 0.778. The zero-order valence-electron chi connectivity index (χ0n) is 9.11. The van der Waals surface area contributed by atoms with Gasteiger partial charge in [-0.25, -0.2) is 4.79 Å². The summed E-state index contributed by atoms with van der Waals surface area (Å²) in [5, 5.41) is 10.7. The predicted molar refractivity (Wildman–Crippen MR) is 51.9 cm³/mol. The Morgan fingerprint density at radius 2 is 2.00 bits per heavy atom. The maximum absolute atomic E-state index is 11.3. The van der Waals surface area contributed by atoms with Gasteiger partial charge in [-0.3, -0.25) is 10.1 Å². The van der Waals surface area contributed by atoms with Gasteiger partial charge >= 0.3 is 11.5 Å². The molecule has 0 heterocycles. The van der Waals surface area contributed by atoms with E-state index in [1.165, 1.54) is 13.8 Å². The number of hydrogen-bond acceptors (Lipinski definition) is 5. The second kappa shape index (κ2) is 5.43. The predicted octanol–water partition coefficient (Wildman–Crippen LogP) is 0.954. The van der Waals surface area contributed by atoms with E-state index in [4.69, 9.17) is 0 Å². The lowest BCUT2D eigenvalue weighted by atomic mass is 9.96. The summed E-state index contributed by atoms with van der Waals surface area (Å²) in [6, 6.07) is 0. The fourth-order valence-electron chi connectivity index (χ4n) is 0.974. The quantitative estimate of drug-likeness (QED) is 0.375. The highest BCUT2D eigenvalue weighted by atomic mass is 16.6. The molecule has 0 rings (SSSR count). The van der Waals surface area contributed by atoms with Crippen molar-refractivity contribution in [3.63, 3.8) is 0 Å². The molecular formula is C9H15NO5. The molecule has 1 atom stereocenters. The van der Waals surface area contributed by atoms with Crippen molar-refractivity contribution in [3.8, 4) is 0 Å². The molecule has 0 aliphatic rings. The van der Waals surface area contributed by atoms with Gasteiger partial charge in [-0.1, -0.05) is 0 Å². The van der Waals surface area contributed by atoms with Gasteiger partial charge in [-0.15, -0.1) is 0 Å². The average molecular weight is 217 g/mol. The Bertz CT molecular complexity index is 276. The van der Waals surface area contributed by atoms with Crippen molar-refractivity contribution in [2.75, 3.05) is 6.61 Å². The molecule has 0 spiro atoms. The van der Waals surface area contributed by atoms with Crippen LogP contribution >= 0.6 is 0 Å². The molecule has 0 aliphatic carbocycles. The minimum Gasteiger partial charge on any atom is -0.461 e. The van der Waals surface area contributed by atoms with E-state index in [9.17, 15) is 19.7 Å². The number of ketones is 1. The van der Waals surface area contributed by atoms with Crippen molar-refractivity contribution in [3.05, 3.63) is 10.1 Å². The van der Waals surface area contributed by atoms with Crippen molar-refractivity contribution < 1.29 is 19.2 Å².